The number of methoxy groups -OCH3 is 1. The molecule has 0 spiro atoms. The molecule has 17 heavy (non-hydrogen) atoms. The SMILES string of the molecule is COc1ccc(C(=O)CCC(=O)N(C)C)cc1. The molecular weight excluding hydrogens is 218 g/mol. The smallest absolute Gasteiger partial charge is 0.222 e. The minimum Gasteiger partial charge on any atom is -0.497 e. The average Bonchev–Trinajstić information content (AvgIpc) is 2.35. The molecule has 92 valence electrons. The molecule has 1 rings (SSSR count). The van der Waals surface area contributed by atoms with Gasteiger partial charge in [0.2, 0.25) is 5.91 Å². The molecular formula is C13H17NO3. The van der Waals surface area contributed by atoms with E-state index in [9.17, 15) is 9.59 Å². The summed E-state index contributed by atoms with van der Waals surface area (Å²) in [5, 5.41) is 0. The topological polar surface area (TPSA) is 46.6 Å². The summed E-state index contributed by atoms with van der Waals surface area (Å²) in [5.74, 6) is 0.653. The summed E-state index contributed by atoms with van der Waals surface area (Å²) in [6.45, 7) is 0. The number of nitrogens with zero attached hydrogens (tertiary/aromatic N) is 1. The molecule has 0 fully saturated rings. The zero-order valence-electron chi connectivity index (χ0n) is 10.4. The maximum atomic E-state index is 11.8. The Kier molecular flexibility index (Phi) is 4.69. The van der Waals surface area contributed by atoms with E-state index >= 15 is 0 Å². The minimum atomic E-state index is -0.0353. The molecule has 1 amide bonds. The van der Waals surface area contributed by atoms with Crippen LogP contribution in [0.1, 0.15) is 23.2 Å². The van der Waals surface area contributed by atoms with Gasteiger partial charge in [0.25, 0.3) is 0 Å². The van der Waals surface area contributed by atoms with Crippen LogP contribution in [0.3, 0.4) is 0 Å². The molecule has 0 saturated heterocycles. The van der Waals surface area contributed by atoms with Crippen LogP contribution >= 0.6 is 0 Å². The molecule has 0 saturated carbocycles. The number of hydrogen-bond acceptors (Lipinski definition) is 3. The van der Waals surface area contributed by atoms with E-state index in [1.807, 2.05) is 0 Å². The highest BCUT2D eigenvalue weighted by atomic mass is 16.5. The minimum absolute atomic E-state index is 0.0251. The van der Waals surface area contributed by atoms with E-state index in [1.165, 1.54) is 4.90 Å². The van der Waals surface area contributed by atoms with Crippen LogP contribution in [0.4, 0.5) is 0 Å². The molecule has 0 radical (unpaired) electrons. The Morgan fingerprint density at radius 1 is 1.12 bits per heavy atom. The van der Waals surface area contributed by atoms with Gasteiger partial charge in [0.05, 0.1) is 7.11 Å². The van der Waals surface area contributed by atoms with Crippen LogP contribution < -0.4 is 4.74 Å². The van der Waals surface area contributed by atoms with E-state index in [0.717, 1.165) is 0 Å². The van der Waals surface area contributed by atoms with Crippen LogP contribution in [0.15, 0.2) is 24.3 Å². The Morgan fingerprint density at radius 2 is 1.71 bits per heavy atom. The molecule has 0 N–H and O–H groups in total. The Bertz CT molecular complexity index is 396. The molecule has 0 aliphatic heterocycles. The van der Waals surface area contributed by atoms with E-state index in [4.69, 9.17) is 4.74 Å². The van der Waals surface area contributed by atoms with Gasteiger partial charge in [-0.25, -0.2) is 0 Å². The summed E-state index contributed by atoms with van der Waals surface area (Å²) in [6, 6.07) is 6.89. The molecule has 1 aromatic rings. The van der Waals surface area contributed by atoms with Crippen LogP contribution in [0, 0.1) is 0 Å². The zero-order chi connectivity index (χ0) is 12.8. The second kappa shape index (κ2) is 6.03. The third-order valence-corrected chi connectivity index (χ3v) is 2.48. The first kappa shape index (κ1) is 13.2. The van der Waals surface area contributed by atoms with Crippen molar-refractivity contribution in [1.29, 1.82) is 0 Å². The van der Waals surface area contributed by atoms with Gasteiger partial charge in [-0.1, -0.05) is 0 Å². The van der Waals surface area contributed by atoms with Crippen molar-refractivity contribution < 1.29 is 14.3 Å². The van der Waals surface area contributed by atoms with Crippen LogP contribution in [-0.2, 0) is 4.79 Å². The van der Waals surface area contributed by atoms with Gasteiger partial charge in [-0.15, -0.1) is 0 Å². The van der Waals surface area contributed by atoms with Crippen LogP contribution in [0.2, 0.25) is 0 Å². The highest BCUT2D eigenvalue weighted by Crippen LogP contribution is 2.13. The highest BCUT2D eigenvalue weighted by molar-refractivity contribution is 5.98. The second-order valence-electron chi connectivity index (χ2n) is 3.94. The Balaban J connectivity index is 2.55. The summed E-state index contributed by atoms with van der Waals surface area (Å²) >= 11 is 0. The molecule has 0 aliphatic carbocycles. The molecule has 1 aromatic carbocycles. The number of hydrogen-bond donors (Lipinski definition) is 0. The van der Waals surface area contributed by atoms with Gasteiger partial charge in [0.15, 0.2) is 5.78 Å². The summed E-state index contributed by atoms with van der Waals surface area (Å²) in [4.78, 5) is 24.6. The van der Waals surface area contributed by atoms with E-state index < -0.39 is 0 Å². The second-order valence-corrected chi connectivity index (χ2v) is 3.94. The predicted octanol–water partition coefficient (Wildman–Crippen LogP) is 1.75. The molecule has 4 heteroatoms. The number of ether oxygens (including phenoxy) is 1. The van der Waals surface area contributed by atoms with E-state index in [1.54, 1.807) is 45.5 Å². The number of Topliss-reactive ketones (excluding diaryl/α,β-unsaturated/α-hetero) is 1. The predicted molar refractivity (Wildman–Crippen MR) is 65.3 cm³/mol. The number of benzene rings is 1. The Morgan fingerprint density at radius 3 is 2.18 bits per heavy atom. The zero-order valence-corrected chi connectivity index (χ0v) is 10.4. The van der Waals surface area contributed by atoms with Crippen LogP contribution in [-0.4, -0.2) is 37.8 Å². The van der Waals surface area contributed by atoms with Crippen molar-refractivity contribution in [3.63, 3.8) is 0 Å². The number of amides is 1. The summed E-state index contributed by atoms with van der Waals surface area (Å²) in [7, 11) is 4.94. The van der Waals surface area contributed by atoms with Gasteiger partial charge in [-0.2, -0.15) is 0 Å². The monoisotopic (exact) mass is 235 g/mol. The lowest BCUT2D eigenvalue weighted by molar-refractivity contribution is -0.128. The molecule has 0 atom stereocenters. The average molecular weight is 235 g/mol. The van der Waals surface area contributed by atoms with Crippen molar-refractivity contribution in [3.05, 3.63) is 29.8 Å². The third kappa shape index (κ3) is 3.90. The molecule has 0 heterocycles. The normalized spacial score (nSPS) is 9.82. The van der Waals surface area contributed by atoms with Crippen LogP contribution in [0.5, 0.6) is 5.75 Å². The summed E-state index contributed by atoms with van der Waals surface area (Å²) in [6.07, 6.45) is 0.487. The fourth-order valence-corrected chi connectivity index (χ4v) is 1.37. The Hall–Kier alpha value is -1.84. The lowest BCUT2D eigenvalue weighted by atomic mass is 10.1. The fourth-order valence-electron chi connectivity index (χ4n) is 1.37. The van der Waals surface area contributed by atoms with Crippen molar-refractivity contribution in [2.45, 2.75) is 12.8 Å². The van der Waals surface area contributed by atoms with Gasteiger partial charge < -0.3 is 9.64 Å². The number of rotatable bonds is 5. The molecule has 0 bridgehead atoms. The lowest BCUT2D eigenvalue weighted by Gasteiger charge is -2.09. The van der Waals surface area contributed by atoms with Crippen LogP contribution in [0.25, 0.3) is 0 Å². The number of ketones is 1. The third-order valence-electron chi connectivity index (χ3n) is 2.48. The summed E-state index contributed by atoms with van der Waals surface area (Å²) < 4.78 is 5.01. The van der Waals surface area contributed by atoms with Crippen molar-refractivity contribution in [1.82, 2.24) is 4.90 Å². The molecule has 4 nitrogen and oxygen atoms in total. The number of carbonyl (C=O) groups excluding carboxylic acids is 2. The maximum absolute atomic E-state index is 11.8. The van der Waals surface area contributed by atoms with Crippen molar-refractivity contribution in [2.24, 2.45) is 0 Å². The van der Waals surface area contributed by atoms with Gasteiger partial charge in [0.1, 0.15) is 5.75 Å². The first-order valence-electron chi connectivity index (χ1n) is 5.42. The van der Waals surface area contributed by atoms with Crippen molar-refractivity contribution in [3.8, 4) is 5.75 Å². The van der Waals surface area contributed by atoms with Crippen molar-refractivity contribution in [2.75, 3.05) is 21.2 Å². The van der Waals surface area contributed by atoms with E-state index in [0.29, 0.717) is 11.3 Å². The van der Waals surface area contributed by atoms with Gasteiger partial charge in [-0.05, 0) is 24.3 Å². The van der Waals surface area contributed by atoms with E-state index in [2.05, 4.69) is 0 Å². The van der Waals surface area contributed by atoms with Gasteiger partial charge in [0, 0.05) is 32.5 Å². The quantitative estimate of drug-likeness (QED) is 0.730. The van der Waals surface area contributed by atoms with E-state index in [-0.39, 0.29) is 24.5 Å². The van der Waals surface area contributed by atoms with Gasteiger partial charge in [-0.3, -0.25) is 9.59 Å². The largest absolute Gasteiger partial charge is 0.497 e. The first-order chi connectivity index (χ1) is 8.04. The fraction of sp³-hybridized carbons (Fsp3) is 0.385. The Labute approximate surface area is 101 Å². The first-order valence-corrected chi connectivity index (χ1v) is 5.42. The molecule has 0 aromatic heterocycles. The summed E-state index contributed by atoms with van der Waals surface area (Å²) in [5.41, 5.74) is 0.609. The lowest BCUT2D eigenvalue weighted by Crippen LogP contribution is -2.22. The molecule has 0 unspecified atom stereocenters. The van der Waals surface area contributed by atoms with Crippen molar-refractivity contribution >= 4 is 11.7 Å². The highest BCUT2D eigenvalue weighted by Gasteiger charge is 2.10. The molecule has 0 aliphatic rings. The van der Waals surface area contributed by atoms with Gasteiger partial charge >= 0.3 is 0 Å². The number of carbonyl (C=O) groups is 2. The standard InChI is InChI=1S/C13H17NO3/c1-14(2)13(16)9-8-12(15)10-4-6-11(17-3)7-5-10/h4-7H,8-9H2,1-3H3. The maximum Gasteiger partial charge on any atom is 0.222 e.